The third-order valence-electron chi connectivity index (χ3n) is 3.91. The quantitative estimate of drug-likeness (QED) is 0.572. The van der Waals surface area contributed by atoms with Crippen molar-refractivity contribution in [1.82, 2.24) is 10.6 Å². The van der Waals surface area contributed by atoms with E-state index in [0.29, 0.717) is 18.6 Å². The van der Waals surface area contributed by atoms with Gasteiger partial charge in [0.25, 0.3) is 0 Å². The van der Waals surface area contributed by atoms with Crippen molar-refractivity contribution in [2.75, 3.05) is 7.11 Å². The van der Waals surface area contributed by atoms with E-state index in [1.54, 1.807) is 38.3 Å². The van der Waals surface area contributed by atoms with Gasteiger partial charge in [-0.2, -0.15) is 0 Å². The number of rotatable bonds is 10. The van der Waals surface area contributed by atoms with Crippen LogP contribution in [0.3, 0.4) is 0 Å². The summed E-state index contributed by atoms with van der Waals surface area (Å²) in [5.74, 6) is -0.222. The molecule has 4 N–H and O–H groups in total. The molecule has 0 aromatic heterocycles. The first-order valence-electron chi connectivity index (χ1n) is 8.92. The Morgan fingerprint density at radius 2 is 1.70 bits per heavy atom. The highest BCUT2D eigenvalue weighted by Crippen LogP contribution is 2.12. The van der Waals surface area contributed by atoms with Gasteiger partial charge in [-0.25, -0.2) is 4.79 Å². The van der Waals surface area contributed by atoms with E-state index in [0.717, 1.165) is 5.56 Å². The van der Waals surface area contributed by atoms with Gasteiger partial charge in [0.1, 0.15) is 24.4 Å². The second-order valence-corrected chi connectivity index (χ2v) is 6.62. The van der Waals surface area contributed by atoms with Gasteiger partial charge >= 0.3 is 6.09 Å². The topological polar surface area (TPSA) is 120 Å². The van der Waals surface area contributed by atoms with Crippen LogP contribution in [0.4, 0.5) is 4.79 Å². The number of hydrogen-bond acceptors (Lipinski definition) is 5. The van der Waals surface area contributed by atoms with Gasteiger partial charge in [0.2, 0.25) is 11.8 Å². The maximum absolute atomic E-state index is 12.4. The Kier molecular flexibility index (Phi) is 9.12. The average Bonchev–Trinajstić information content (AvgIpc) is 2.63. The highest BCUT2D eigenvalue weighted by Gasteiger charge is 2.26. The second-order valence-electron chi connectivity index (χ2n) is 6.62. The second kappa shape index (κ2) is 11.1. The van der Waals surface area contributed by atoms with Crippen molar-refractivity contribution in [3.8, 4) is 5.75 Å². The first-order chi connectivity index (χ1) is 12.8. The largest absolute Gasteiger partial charge is 0.497 e. The molecule has 150 valence electrons. The van der Waals surface area contributed by atoms with Crippen molar-refractivity contribution in [3.63, 3.8) is 0 Å². The van der Waals surface area contributed by atoms with Crippen LogP contribution in [0.15, 0.2) is 24.3 Å². The Morgan fingerprint density at radius 3 is 2.19 bits per heavy atom. The zero-order valence-corrected chi connectivity index (χ0v) is 16.3. The lowest BCUT2D eigenvalue weighted by Gasteiger charge is -2.22. The minimum Gasteiger partial charge on any atom is -0.497 e. The third-order valence-corrected chi connectivity index (χ3v) is 3.91. The molecule has 0 bridgehead atoms. The van der Waals surface area contributed by atoms with Crippen molar-refractivity contribution >= 4 is 17.9 Å². The molecule has 0 heterocycles. The van der Waals surface area contributed by atoms with E-state index in [-0.39, 0.29) is 12.5 Å². The average molecular weight is 379 g/mol. The monoisotopic (exact) mass is 379 g/mol. The number of carbonyl (C=O) groups is 3. The van der Waals surface area contributed by atoms with Crippen LogP contribution in [0.5, 0.6) is 5.75 Å². The van der Waals surface area contributed by atoms with Crippen molar-refractivity contribution in [3.05, 3.63) is 29.8 Å². The molecule has 1 rings (SSSR count). The highest BCUT2D eigenvalue weighted by molar-refractivity contribution is 5.90. The molecular formula is C19H29N3O5. The number of hydrogen-bond donors (Lipinski definition) is 3. The predicted octanol–water partition coefficient (Wildman–Crippen LogP) is 1.72. The standard InChI is InChI=1S/C19H29N3O5/c1-5-15(17(20)23)21-18(24)16(10-12(2)3)22-19(25)27-11-13-6-8-14(26-4)9-7-13/h6-9,12,15-16H,5,10-11H2,1-4H3,(H2,20,23)(H,21,24)(H,22,25)/t15-,16-/m0/s1. The number of nitrogens with two attached hydrogens (primary N) is 1. The Balaban J connectivity index is 2.64. The fraction of sp³-hybridized carbons (Fsp3) is 0.526. The summed E-state index contributed by atoms with van der Waals surface area (Å²) in [6.07, 6.45) is 0.0644. The van der Waals surface area contributed by atoms with E-state index in [1.165, 1.54) is 0 Å². The van der Waals surface area contributed by atoms with Gasteiger partial charge < -0.3 is 25.8 Å². The van der Waals surface area contributed by atoms with E-state index in [2.05, 4.69) is 10.6 Å². The van der Waals surface area contributed by atoms with Crippen LogP contribution < -0.4 is 21.1 Å². The minimum absolute atomic E-state index is 0.0602. The van der Waals surface area contributed by atoms with Gasteiger partial charge in [-0.05, 0) is 36.5 Å². The smallest absolute Gasteiger partial charge is 0.408 e. The number of ether oxygens (including phenoxy) is 2. The molecule has 27 heavy (non-hydrogen) atoms. The fourth-order valence-electron chi connectivity index (χ4n) is 2.40. The molecule has 0 aliphatic carbocycles. The lowest BCUT2D eigenvalue weighted by atomic mass is 10.0. The minimum atomic E-state index is -0.818. The van der Waals surface area contributed by atoms with Crippen LogP contribution >= 0.6 is 0 Å². The molecule has 0 fully saturated rings. The number of nitrogens with one attached hydrogen (secondary N) is 2. The van der Waals surface area contributed by atoms with Gasteiger partial charge in [0.15, 0.2) is 0 Å². The molecule has 0 saturated heterocycles. The van der Waals surface area contributed by atoms with E-state index in [1.807, 2.05) is 13.8 Å². The van der Waals surface area contributed by atoms with Crippen LogP contribution in [-0.2, 0) is 20.9 Å². The van der Waals surface area contributed by atoms with Gasteiger partial charge in [0.05, 0.1) is 7.11 Å². The summed E-state index contributed by atoms with van der Waals surface area (Å²) in [4.78, 5) is 35.8. The number of benzene rings is 1. The molecule has 8 nitrogen and oxygen atoms in total. The summed E-state index contributed by atoms with van der Waals surface area (Å²) in [6.45, 7) is 5.65. The molecule has 0 radical (unpaired) electrons. The molecule has 8 heteroatoms. The Labute approximate surface area is 159 Å². The zero-order chi connectivity index (χ0) is 20.4. The summed E-state index contributed by atoms with van der Waals surface area (Å²) in [5, 5.41) is 5.13. The van der Waals surface area contributed by atoms with Gasteiger partial charge in [0, 0.05) is 0 Å². The van der Waals surface area contributed by atoms with E-state index in [4.69, 9.17) is 15.2 Å². The number of alkyl carbamates (subject to hydrolysis) is 1. The first-order valence-corrected chi connectivity index (χ1v) is 8.92. The Hall–Kier alpha value is -2.77. The van der Waals surface area contributed by atoms with Crippen molar-refractivity contribution in [2.24, 2.45) is 11.7 Å². The van der Waals surface area contributed by atoms with Crippen molar-refractivity contribution in [2.45, 2.75) is 52.3 Å². The molecule has 0 saturated carbocycles. The van der Waals surface area contributed by atoms with Crippen LogP contribution in [0.2, 0.25) is 0 Å². The molecule has 1 aromatic carbocycles. The maximum atomic E-state index is 12.4. The van der Waals surface area contributed by atoms with E-state index in [9.17, 15) is 14.4 Å². The van der Waals surface area contributed by atoms with Gasteiger partial charge in [-0.3, -0.25) is 9.59 Å². The summed E-state index contributed by atoms with van der Waals surface area (Å²) in [7, 11) is 1.57. The Bertz CT molecular complexity index is 631. The van der Waals surface area contributed by atoms with Crippen molar-refractivity contribution < 1.29 is 23.9 Å². The van der Waals surface area contributed by atoms with E-state index < -0.39 is 30.0 Å². The number of primary amides is 1. The summed E-state index contributed by atoms with van der Waals surface area (Å²) in [6, 6.07) is 5.50. The number of methoxy groups -OCH3 is 1. The normalized spacial score (nSPS) is 12.8. The van der Waals surface area contributed by atoms with Crippen LogP contribution in [0.1, 0.15) is 39.2 Å². The SMILES string of the molecule is CC[C@H](NC(=O)[C@H](CC(C)C)NC(=O)OCc1ccc(OC)cc1)C(N)=O. The predicted molar refractivity (Wildman–Crippen MR) is 101 cm³/mol. The molecule has 0 aliphatic heterocycles. The third kappa shape index (κ3) is 7.98. The lowest BCUT2D eigenvalue weighted by Crippen LogP contribution is -2.53. The van der Waals surface area contributed by atoms with Crippen LogP contribution in [0.25, 0.3) is 0 Å². The molecular weight excluding hydrogens is 350 g/mol. The maximum Gasteiger partial charge on any atom is 0.408 e. The lowest BCUT2D eigenvalue weighted by molar-refractivity contribution is -0.128. The molecule has 1 aromatic rings. The first kappa shape index (κ1) is 22.3. The fourth-order valence-corrected chi connectivity index (χ4v) is 2.40. The van der Waals surface area contributed by atoms with Crippen molar-refractivity contribution in [1.29, 1.82) is 0 Å². The molecule has 0 spiro atoms. The van der Waals surface area contributed by atoms with E-state index >= 15 is 0 Å². The van der Waals surface area contributed by atoms with Gasteiger partial charge in [-0.1, -0.05) is 32.9 Å². The summed E-state index contributed by atoms with van der Waals surface area (Å²) < 4.78 is 10.3. The highest BCUT2D eigenvalue weighted by atomic mass is 16.5. The summed E-state index contributed by atoms with van der Waals surface area (Å²) >= 11 is 0. The molecule has 3 amide bonds. The van der Waals surface area contributed by atoms with Crippen LogP contribution in [-0.4, -0.2) is 37.1 Å². The number of amides is 3. The van der Waals surface area contributed by atoms with Gasteiger partial charge in [-0.15, -0.1) is 0 Å². The molecule has 0 aliphatic rings. The summed E-state index contributed by atoms with van der Waals surface area (Å²) in [5.41, 5.74) is 6.04. The van der Waals surface area contributed by atoms with Crippen LogP contribution in [0, 0.1) is 5.92 Å². The molecule has 0 unspecified atom stereocenters. The zero-order valence-electron chi connectivity index (χ0n) is 16.3. The Morgan fingerprint density at radius 1 is 1.07 bits per heavy atom. The number of carbonyl (C=O) groups excluding carboxylic acids is 3. The molecule has 2 atom stereocenters.